The number of anilines is 1. The number of benzene rings is 2. The van der Waals surface area contributed by atoms with Gasteiger partial charge in [0.25, 0.3) is 5.56 Å². The predicted octanol–water partition coefficient (Wildman–Crippen LogP) is 2.87. The van der Waals surface area contributed by atoms with Gasteiger partial charge in [-0.1, -0.05) is 24.3 Å². The Hall–Kier alpha value is -3.15. The molecule has 6 nitrogen and oxygen atoms in total. The SMILES string of the molecule is CCn1c(N/N=C\c2ccccc2OC)nc2ccccc2c1=O. The third kappa shape index (κ3) is 2.99. The van der Waals surface area contributed by atoms with E-state index in [4.69, 9.17) is 4.74 Å². The third-order valence-corrected chi connectivity index (χ3v) is 3.68. The van der Waals surface area contributed by atoms with E-state index in [-0.39, 0.29) is 5.56 Å². The van der Waals surface area contributed by atoms with Crippen LogP contribution >= 0.6 is 0 Å². The van der Waals surface area contributed by atoms with Crippen molar-refractivity contribution in [3.05, 3.63) is 64.4 Å². The fraction of sp³-hybridized carbons (Fsp3) is 0.167. The Kier molecular flexibility index (Phi) is 4.56. The van der Waals surface area contributed by atoms with Gasteiger partial charge in [0.05, 0.1) is 24.2 Å². The molecule has 0 spiro atoms. The van der Waals surface area contributed by atoms with Gasteiger partial charge in [-0.15, -0.1) is 0 Å². The first-order valence-electron chi connectivity index (χ1n) is 7.66. The Morgan fingerprint density at radius 2 is 1.96 bits per heavy atom. The number of nitrogens with one attached hydrogen (secondary N) is 1. The molecule has 0 fully saturated rings. The van der Waals surface area contributed by atoms with E-state index in [0.29, 0.717) is 23.4 Å². The Morgan fingerprint density at radius 3 is 2.75 bits per heavy atom. The lowest BCUT2D eigenvalue weighted by Gasteiger charge is -2.10. The number of ether oxygens (including phenoxy) is 1. The van der Waals surface area contributed by atoms with Crippen LogP contribution in [0.5, 0.6) is 5.75 Å². The van der Waals surface area contributed by atoms with E-state index in [1.807, 2.05) is 49.4 Å². The van der Waals surface area contributed by atoms with Gasteiger partial charge in [0.1, 0.15) is 5.75 Å². The van der Waals surface area contributed by atoms with E-state index in [9.17, 15) is 4.79 Å². The fourth-order valence-corrected chi connectivity index (χ4v) is 2.48. The largest absolute Gasteiger partial charge is 0.496 e. The highest BCUT2D eigenvalue weighted by Gasteiger charge is 2.08. The lowest BCUT2D eigenvalue weighted by atomic mass is 10.2. The van der Waals surface area contributed by atoms with Crippen molar-refractivity contribution in [1.29, 1.82) is 0 Å². The van der Waals surface area contributed by atoms with Crippen molar-refractivity contribution in [2.45, 2.75) is 13.5 Å². The number of hydrogen-bond donors (Lipinski definition) is 1. The zero-order valence-corrected chi connectivity index (χ0v) is 13.6. The monoisotopic (exact) mass is 322 g/mol. The molecule has 0 unspecified atom stereocenters. The zero-order chi connectivity index (χ0) is 16.9. The molecule has 0 saturated carbocycles. The summed E-state index contributed by atoms with van der Waals surface area (Å²) in [6.07, 6.45) is 1.64. The molecule has 0 aliphatic carbocycles. The second kappa shape index (κ2) is 6.95. The minimum Gasteiger partial charge on any atom is -0.496 e. The number of hydrogen-bond acceptors (Lipinski definition) is 5. The van der Waals surface area contributed by atoms with Crippen LogP contribution in [-0.4, -0.2) is 22.9 Å². The molecule has 1 N–H and O–H groups in total. The summed E-state index contributed by atoms with van der Waals surface area (Å²) in [6.45, 7) is 2.40. The molecule has 0 aliphatic heterocycles. The molecule has 2 aromatic carbocycles. The summed E-state index contributed by atoms with van der Waals surface area (Å²) in [6, 6.07) is 14.8. The second-order valence-electron chi connectivity index (χ2n) is 5.11. The maximum atomic E-state index is 12.5. The summed E-state index contributed by atoms with van der Waals surface area (Å²) in [4.78, 5) is 17.0. The summed E-state index contributed by atoms with van der Waals surface area (Å²) in [5.74, 6) is 1.13. The fourth-order valence-electron chi connectivity index (χ4n) is 2.48. The third-order valence-electron chi connectivity index (χ3n) is 3.68. The Morgan fingerprint density at radius 1 is 1.21 bits per heavy atom. The lowest BCUT2D eigenvalue weighted by Crippen LogP contribution is -2.23. The van der Waals surface area contributed by atoms with Gasteiger partial charge in [0.15, 0.2) is 0 Å². The van der Waals surface area contributed by atoms with Gasteiger partial charge in [-0.05, 0) is 31.2 Å². The molecule has 0 aliphatic rings. The molecule has 1 aromatic heterocycles. The lowest BCUT2D eigenvalue weighted by molar-refractivity contribution is 0.414. The van der Waals surface area contributed by atoms with Crippen molar-refractivity contribution < 1.29 is 4.74 Å². The number of fused-ring (bicyclic) bond motifs is 1. The summed E-state index contributed by atoms with van der Waals surface area (Å²) in [5, 5.41) is 4.80. The molecular weight excluding hydrogens is 304 g/mol. The zero-order valence-electron chi connectivity index (χ0n) is 13.6. The molecule has 3 aromatic rings. The van der Waals surface area contributed by atoms with Gasteiger partial charge >= 0.3 is 0 Å². The molecule has 1 heterocycles. The van der Waals surface area contributed by atoms with Crippen molar-refractivity contribution in [2.24, 2.45) is 5.10 Å². The summed E-state index contributed by atoms with van der Waals surface area (Å²) >= 11 is 0. The first-order chi connectivity index (χ1) is 11.7. The van der Waals surface area contributed by atoms with Crippen LogP contribution in [0.15, 0.2) is 58.4 Å². The molecule has 122 valence electrons. The van der Waals surface area contributed by atoms with E-state index in [1.165, 1.54) is 0 Å². The van der Waals surface area contributed by atoms with Crippen molar-refractivity contribution in [2.75, 3.05) is 12.5 Å². The van der Waals surface area contributed by atoms with Gasteiger partial charge in [-0.25, -0.2) is 10.4 Å². The molecule has 0 saturated heterocycles. The molecule has 24 heavy (non-hydrogen) atoms. The molecule has 0 amide bonds. The van der Waals surface area contributed by atoms with Crippen LogP contribution in [0.25, 0.3) is 10.9 Å². The molecule has 6 heteroatoms. The van der Waals surface area contributed by atoms with Crippen LogP contribution < -0.4 is 15.7 Å². The van der Waals surface area contributed by atoms with E-state index < -0.39 is 0 Å². The number of aromatic nitrogens is 2. The predicted molar refractivity (Wildman–Crippen MR) is 95.9 cm³/mol. The Labute approximate surface area is 139 Å². The first kappa shape index (κ1) is 15.7. The van der Waals surface area contributed by atoms with Crippen LogP contribution in [0.3, 0.4) is 0 Å². The average molecular weight is 322 g/mol. The van der Waals surface area contributed by atoms with Crippen LogP contribution in [0, 0.1) is 0 Å². The topological polar surface area (TPSA) is 68.5 Å². The molecule has 0 bridgehead atoms. The molecular formula is C18H18N4O2. The van der Waals surface area contributed by atoms with Crippen molar-refractivity contribution >= 4 is 23.1 Å². The highest BCUT2D eigenvalue weighted by Crippen LogP contribution is 2.15. The highest BCUT2D eigenvalue weighted by atomic mass is 16.5. The summed E-state index contributed by atoms with van der Waals surface area (Å²) in [7, 11) is 1.61. The quantitative estimate of drug-likeness (QED) is 0.579. The van der Waals surface area contributed by atoms with Crippen LogP contribution in [0.1, 0.15) is 12.5 Å². The summed E-state index contributed by atoms with van der Waals surface area (Å²) in [5.41, 5.74) is 4.25. The molecule has 3 rings (SSSR count). The summed E-state index contributed by atoms with van der Waals surface area (Å²) < 4.78 is 6.84. The van der Waals surface area contributed by atoms with Gasteiger partial charge in [-0.2, -0.15) is 5.10 Å². The van der Waals surface area contributed by atoms with E-state index in [1.54, 1.807) is 24.0 Å². The van der Waals surface area contributed by atoms with Crippen LogP contribution in [0.2, 0.25) is 0 Å². The number of para-hydroxylation sites is 2. The minimum absolute atomic E-state index is 0.0851. The minimum atomic E-state index is -0.0851. The van der Waals surface area contributed by atoms with Gasteiger partial charge in [-0.3, -0.25) is 9.36 Å². The number of methoxy groups -OCH3 is 1. The van der Waals surface area contributed by atoms with Gasteiger partial charge in [0, 0.05) is 12.1 Å². The number of nitrogens with zero attached hydrogens (tertiary/aromatic N) is 3. The van der Waals surface area contributed by atoms with E-state index >= 15 is 0 Å². The molecule has 0 atom stereocenters. The maximum Gasteiger partial charge on any atom is 0.262 e. The average Bonchev–Trinajstić information content (AvgIpc) is 2.62. The Bertz CT molecular complexity index is 947. The standard InChI is InChI=1S/C18H18N4O2/c1-3-22-17(23)14-9-5-6-10-15(14)20-18(22)21-19-12-13-8-4-7-11-16(13)24-2/h4-12H,3H2,1-2H3,(H,20,21)/b19-12-. The normalized spacial score (nSPS) is 11.1. The van der Waals surface area contributed by atoms with Crippen molar-refractivity contribution in [3.63, 3.8) is 0 Å². The van der Waals surface area contributed by atoms with E-state index in [2.05, 4.69) is 15.5 Å². The highest BCUT2D eigenvalue weighted by molar-refractivity contribution is 5.84. The number of rotatable bonds is 5. The van der Waals surface area contributed by atoms with Crippen LogP contribution in [-0.2, 0) is 6.54 Å². The van der Waals surface area contributed by atoms with Crippen molar-refractivity contribution in [1.82, 2.24) is 9.55 Å². The first-order valence-corrected chi connectivity index (χ1v) is 7.66. The second-order valence-corrected chi connectivity index (χ2v) is 5.11. The van der Waals surface area contributed by atoms with E-state index in [0.717, 1.165) is 11.3 Å². The van der Waals surface area contributed by atoms with Gasteiger partial charge in [0.2, 0.25) is 5.95 Å². The van der Waals surface area contributed by atoms with Gasteiger partial charge < -0.3 is 4.74 Å². The molecule has 0 radical (unpaired) electrons. The maximum absolute atomic E-state index is 12.5. The van der Waals surface area contributed by atoms with Crippen molar-refractivity contribution in [3.8, 4) is 5.75 Å². The smallest absolute Gasteiger partial charge is 0.262 e. The number of hydrazone groups is 1. The Balaban J connectivity index is 1.95. The van der Waals surface area contributed by atoms with Crippen LogP contribution in [0.4, 0.5) is 5.95 Å².